The average Bonchev–Trinajstić information content (AvgIpc) is 2.89. The fourth-order valence-electron chi connectivity index (χ4n) is 2.81. The molecule has 0 aliphatic carbocycles. The van der Waals surface area contributed by atoms with E-state index in [4.69, 9.17) is 21.7 Å². The van der Waals surface area contributed by atoms with Crippen LogP contribution in [0, 0.1) is 13.8 Å². The zero-order chi connectivity index (χ0) is 20.1. The van der Waals surface area contributed by atoms with Crippen LogP contribution in [0.4, 0.5) is 0 Å². The molecule has 0 aromatic heterocycles. The van der Waals surface area contributed by atoms with Crippen molar-refractivity contribution in [3.05, 3.63) is 64.1 Å². The summed E-state index contributed by atoms with van der Waals surface area (Å²) in [5.41, 5.74) is 3.35. The maximum absolute atomic E-state index is 12.0. The molecule has 0 bridgehead atoms. The Morgan fingerprint density at radius 1 is 1.00 bits per heavy atom. The van der Waals surface area contributed by atoms with Crippen LogP contribution < -0.4 is 9.47 Å². The third kappa shape index (κ3) is 5.36. The van der Waals surface area contributed by atoms with Crippen LogP contribution in [0.3, 0.4) is 0 Å². The molecule has 0 saturated carbocycles. The zero-order valence-corrected chi connectivity index (χ0v) is 17.9. The van der Waals surface area contributed by atoms with Gasteiger partial charge in [-0.05, 0) is 60.9 Å². The van der Waals surface area contributed by atoms with E-state index in [2.05, 4.69) is 19.9 Å². The van der Waals surface area contributed by atoms with Crippen molar-refractivity contribution >= 4 is 40.3 Å². The molecule has 0 N–H and O–H groups in total. The minimum absolute atomic E-state index is 0.0564. The number of ether oxygens (including phenoxy) is 2. The van der Waals surface area contributed by atoms with E-state index in [0.29, 0.717) is 22.4 Å². The van der Waals surface area contributed by atoms with Crippen LogP contribution in [0.25, 0.3) is 6.08 Å². The third-order valence-corrected chi connectivity index (χ3v) is 5.67. The van der Waals surface area contributed by atoms with Gasteiger partial charge in [-0.3, -0.25) is 9.69 Å². The highest BCUT2D eigenvalue weighted by atomic mass is 32.2. The Labute approximate surface area is 175 Å². The minimum atomic E-state index is -0.0564. The summed E-state index contributed by atoms with van der Waals surface area (Å²) >= 11 is 6.47. The summed E-state index contributed by atoms with van der Waals surface area (Å²) in [6.45, 7) is 5.32. The van der Waals surface area contributed by atoms with Gasteiger partial charge in [0.05, 0.1) is 18.1 Å². The summed E-state index contributed by atoms with van der Waals surface area (Å²) < 4.78 is 12.1. The van der Waals surface area contributed by atoms with Crippen molar-refractivity contribution in [2.75, 3.05) is 20.3 Å². The number of hydrogen-bond acceptors (Lipinski definition) is 5. The number of thiocarbonyl (C=S) groups is 1. The largest absolute Gasteiger partial charge is 0.493 e. The maximum Gasteiger partial charge on any atom is 0.265 e. The SMILES string of the molecule is Cc1cc(C)cc(OCCCOc2ccc(/C=C3\SC(=S)N(C)C3=O)cc2)c1. The number of nitrogens with zero attached hydrogens (tertiary/aromatic N) is 1. The van der Waals surface area contributed by atoms with E-state index in [9.17, 15) is 4.79 Å². The monoisotopic (exact) mass is 413 g/mol. The molecule has 1 heterocycles. The number of aryl methyl sites for hydroxylation is 2. The molecule has 146 valence electrons. The number of benzene rings is 2. The Hall–Kier alpha value is -2.31. The highest BCUT2D eigenvalue weighted by Crippen LogP contribution is 2.31. The average molecular weight is 414 g/mol. The molecular formula is C22H23NO3S2. The topological polar surface area (TPSA) is 38.8 Å². The predicted molar refractivity (Wildman–Crippen MR) is 119 cm³/mol. The molecule has 0 unspecified atom stereocenters. The van der Waals surface area contributed by atoms with Gasteiger partial charge in [-0.25, -0.2) is 0 Å². The molecule has 2 aromatic carbocycles. The van der Waals surface area contributed by atoms with Crippen molar-refractivity contribution in [1.29, 1.82) is 0 Å². The predicted octanol–water partition coefficient (Wildman–Crippen LogP) is 4.98. The lowest BCUT2D eigenvalue weighted by atomic mass is 10.1. The first-order chi connectivity index (χ1) is 13.4. The van der Waals surface area contributed by atoms with Crippen molar-refractivity contribution in [2.24, 2.45) is 0 Å². The fourth-order valence-corrected chi connectivity index (χ4v) is 3.99. The van der Waals surface area contributed by atoms with E-state index in [1.165, 1.54) is 27.8 Å². The highest BCUT2D eigenvalue weighted by Gasteiger charge is 2.28. The van der Waals surface area contributed by atoms with Crippen molar-refractivity contribution < 1.29 is 14.3 Å². The molecule has 1 saturated heterocycles. The molecule has 1 amide bonds. The second-order valence-corrected chi connectivity index (χ2v) is 8.36. The number of amides is 1. The Kier molecular flexibility index (Phi) is 6.75. The Morgan fingerprint density at radius 2 is 1.61 bits per heavy atom. The third-order valence-electron chi connectivity index (χ3n) is 4.19. The lowest BCUT2D eigenvalue weighted by Crippen LogP contribution is -2.22. The van der Waals surface area contributed by atoms with E-state index < -0.39 is 0 Å². The quantitative estimate of drug-likeness (QED) is 0.364. The number of carbonyl (C=O) groups is 1. The number of rotatable bonds is 7. The van der Waals surface area contributed by atoms with Crippen molar-refractivity contribution in [2.45, 2.75) is 20.3 Å². The van der Waals surface area contributed by atoms with E-state index in [1.54, 1.807) is 7.05 Å². The molecular weight excluding hydrogens is 390 g/mol. The Bertz CT molecular complexity index is 886. The van der Waals surface area contributed by atoms with E-state index in [1.807, 2.05) is 42.5 Å². The van der Waals surface area contributed by atoms with Crippen LogP contribution in [-0.4, -0.2) is 35.4 Å². The fraction of sp³-hybridized carbons (Fsp3) is 0.273. The molecule has 1 aliphatic rings. The van der Waals surface area contributed by atoms with Gasteiger partial charge in [0.2, 0.25) is 0 Å². The van der Waals surface area contributed by atoms with Gasteiger partial charge in [0.1, 0.15) is 15.8 Å². The van der Waals surface area contributed by atoms with Crippen LogP contribution in [0.1, 0.15) is 23.1 Å². The summed E-state index contributed by atoms with van der Waals surface area (Å²) in [4.78, 5) is 14.2. The molecule has 0 radical (unpaired) electrons. The molecule has 6 heteroatoms. The van der Waals surface area contributed by atoms with Gasteiger partial charge in [0.25, 0.3) is 5.91 Å². The smallest absolute Gasteiger partial charge is 0.265 e. The van der Waals surface area contributed by atoms with Gasteiger partial charge in [0.15, 0.2) is 0 Å². The first kappa shape index (κ1) is 20.4. The van der Waals surface area contributed by atoms with Crippen LogP contribution in [0.5, 0.6) is 11.5 Å². The standard InChI is InChI=1S/C22H23NO3S2/c1-15-11-16(2)13-19(12-15)26-10-4-9-25-18-7-5-17(6-8-18)14-20-21(24)23(3)22(27)28-20/h5-8,11-14H,4,9-10H2,1-3H3/b20-14-. The molecule has 0 spiro atoms. The van der Waals surface area contributed by atoms with Crippen LogP contribution >= 0.6 is 24.0 Å². The molecule has 2 aromatic rings. The highest BCUT2D eigenvalue weighted by molar-refractivity contribution is 8.26. The molecule has 4 nitrogen and oxygen atoms in total. The first-order valence-electron chi connectivity index (χ1n) is 9.08. The molecule has 1 fully saturated rings. The van der Waals surface area contributed by atoms with Crippen molar-refractivity contribution in [3.8, 4) is 11.5 Å². The summed E-state index contributed by atoms with van der Waals surface area (Å²) in [7, 11) is 1.69. The maximum atomic E-state index is 12.0. The Balaban J connectivity index is 1.45. The number of hydrogen-bond donors (Lipinski definition) is 0. The summed E-state index contributed by atoms with van der Waals surface area (Å²) in [5.74, 6) is 1.64. The zero-order valence-electron chi connectivity index (χ0n) is 16.2. The van der Waals surface area contributed by atoms with E-state index in [0.717, 1.165) is 23.5 Å². The van der Waals surface area contributed by atoms with Gasteiger partial charge in [0, 0.05) is 13.5 Å². The summed E-state index contributed by atoms with van der Waals surface area (Å²) in [6, 6.07) is 13.9. The van der Waals surface area contributed by atoms with Gasteiger partial charge in [-0.15, -0.1) is 0 Å². The summed E-state index contributed by atoms with van der Waals surface area (Å²) in [6.07, 6.45) is 2.65. The van der Waals surface area contributed by atoms with Crippen LogP contribution in [-0.2, 0) is 4.79 Å². The van der Waals surface area contributed by atoms with Gasteiger partial charge in [-0.2, -0.15) is 0 Å². The van der Waals surface area contributed by atoms with Crippen LogP contribution in [0.2, 0.25) is 0 Å². The number of carbonyl (C=O) groups excluding carboxylic acids is 1. The summed E-state index contributed by atoms with van der Waals surface area (Å²) in [5, 5.41) is 0. The van der Waals surface area contributed by atoms with E-state index in [-0.39, 0.29) is 5.91 Å². The first-order valence-corrected chi connectivity index (χ1v) is 10.3. The lowest BCUT2D eigenvalue weighted by molar-refractivity contribution is -0.121. The molecule has 1 aliphatic heterocycles. The number of thioether (sulfide) groups is 1. The molecule has 28 heavy (non-hydrogen) atoms. The van der Waals surface area contributed by atoms with Gasteiger partial charge in [-0.1, -0.05) is 42.2 Å². The normalized spacial score (nSPS) is 15.4. The molecule has 0 atom stereocenters. The van der Waals surface area contributed by atoms with Crippen LogP contribution in [0.15, 0.2) is 47.4 Å². The second-order valence-electron chi connectivity index (χ2n) is 6.68. The van der Waals surface area contributed by atoms with Crippen molar-refractivity contribution in [1.82, 2.24) is 4.90 Å². The Morgan fingerprint density at radius 3 is 2.18 bits per heavy atom. The van der Waals surface area contributed by atoms with Crippen molar-refractivity contribution in [3.63, 3.8) is 0 Å². The van der Waals surface area contributed by atoms with E-state index >= 15 is 0 Å². The van der Waals surface area contributed by atoms with Gasteiger partial charge >= 0.3 is 0 Å². The molecule has 3 rings (SSSR count). The second kappa shape index (κ2) is 9.26. The number of likely N-dealkylation sites (N-methyl/N-ethyl adjacent to an activating group) is 1. The van der Waals surface area contributed by atoms with Gasteiger partial charge < -0.3 is 9.47 Å². The minimum Gasteiger partial charge on any atom is -0.493 e. The lowest BCUT2D eigenvalue weighted by Gasteiger charge is -2.09.